The summed E-state index contributed by atoms with van der Waals surface area (Å²) in [7, 11) is 0. The fourth-order valence-electron chi connectivity index (χ4n) is 2.87. The van der Waals surface area contributed by atoms with E-state index in [1.165, 1.54) is 0 Å². The number of nitrogens with one attached hydrogen (secondary N) is 2. The van der Waals surface area contributed by atoms with Crippen molar-refractivity contribution in [2.45, 2.75) is 19.4 Å². The van der Waals surface area contributed by atoms with E-state index in [0.29, 0.717) is 18.9 Å². The Labute approximate surface area is 124 Å². The van der Waals surface area contributed by atoms with Crippen LogP contribution in [0.5, 0.6) is 0 Å². The van der Waals surface area contributed by atoms with Gasteiger partial charge in [0.2, 0.25) is 11.8 Å². The molecule has 0 aromatic heterocycles. The number of benzene rings is 1. The Morgan fingerprint density at radius 3 is 2.67 bits per heavy atom. The van der Waals surface area contributed by atoms with Crippen molar-refractivity contribution in [3.63, 3.8) is 0 Å². The Bertz CT molecular complexity index is 528. The second-order valence-corrected chi connectivity index (χ2v) is 5.96. The Morgan fingerprint density at radius 1 is 1.33 bits per heavy atom. The van der Waals surface area contributed by atoms with Crippen LogP contribution in [0.15, 0.2) is 30.3 Å². The van der Waals surface area contributed by atoms with Gasteiger partial charge in [0.25, 0.3) is 0 Å². The highest BCUT2D eigenvalue weighted by Gasteiger charge is 2.34. The summed E-state index contributed by atoms with van der Waals surface area (Å²) in [6.07, 6.45) is 0.385. The molecule has 0 saturated carbocycles. The van der Waals surface area contributed by atoms with E-state index in [2.05, 4.69) is 10.6 Å². The average molecular weight is 287 g/mol. The highest BCUT2D eigenvalue weighted by atomic mass is 16.2. The number of nitrogens with zero attached hydrogens (tertiary/aromatic N) is 1. The lowest BCUT2D eigenvalue weighted by Gasteiger charge is -2.32. The number of rotatable bonds is 4. The molecule has 0 bridgehead atoms. The first kappa shape index (κ1) is 14.1. The highest BCUT2D eigenvalue weighted by Crippen LogP contribution is 2.22. The predicted octanol–water partition coefficient (Wildman–Crippen LogP) is 0.764. The van der Waals surface area contributed by atoms with E-state index in [1.54, 1.807) is 4.90 Å². The van der Waals surface area contributed by atoms with Crippen LogP contribution in [0.1, 0.15) is 13.3 Å². The molecule has 5 heteroatoms. The molecule has 21 heavy (non-hydrogen) atoms. The van der Waals surface area contributed by atoms with Gasteiger partial charge in [-0.3, -0.25) is 9.59 Å². The Morgan fingerprint density at radius 2 is 2.05 bits per heavy atom. The zero-order valence-corrected chi connectivity index (χ0v) is 12.2. The van der Waals surface area contributed by atoms with Crippen LogP contribution in [-0.4, -0.2) is 37.5 Å². The minimum atomic E-state index is -0.0827. The molecular weight excluding hydrogens is 266 g/mol. The molecule has 0 radical (unpaired) electrons. The Balaban J connectivity index is 1.58. The standard InChI is InChI=1S/C16H21N3O2/c1-11(12-8-17-9-12)16(21)18-13-7-15(20)19(10-13)14-5-3-2-4-6-14/h2-6,11-13,17H,7-10H2,1H3,(H,18,21). The third-order valence-corrected chi connectivity index (χ3v) is 4.47. The van der Waals surface area contributed by atoms with Gasteiger partial charge >= 0.3 is 0 Å². The number of hydrogen-bond donors (Lipinski definition) is 2. The topological polar surface area (TPSA) is 61.4 Å². The van der Waals surface area contributed by atoms with Crippen molar-refractivity contribution < 1.29 is 9.59 Å². The summed E-state index contributed by atoms with van der Waals surface area (Å²) in [5.41, 5.74) is 0.899. The van der Waals surface area contributed by atoms with Crippen molar-refractivity contribution >= 4 is 17.5 Å². The van der Waals surface area contributed by atoms with Gasteiger partial charge in [0, 0.05) is 24.6 Å². The maximum absolute atomic E-state index is 12.2. The second kappa shape index (κ2) is 5.85. The van der Waals surface area contributed by atoms with E-state index in [0.717, 1.165) is 18.8 Å². The van der Waals surface area contributed by atoms with Crippen molar-refractivity contribution in [2.75, 3.05) is 24.5 Å². The largest absolute Gasteiger partial charge is 0.351 e. The van der Waals surface area contributed by atoms with E-state index in [1.807, 2.05) is 37.3 Å². The SMILES string of the molecule is CC(C(=O)NC1CC(=O)N(c2ccccc2)C1)C1CNC1. The molecule has 2 N–H and O–H groups in total. The van der Waals surface area contributed by atoms with E-state index in [9.17, 15) is 9.59 Å². The molecule has 1 aromatic carbocycles. The van der Waals surface area contributed by atoms with E-state index < -0.39 is 0 Å². The molecule has 0 aliphatic carbocycles. The van der Waals surface area contributed by atoms with E-state index in [4.69, 9.17) is 0 Å². The number of amides is 2. The summed E-state index contributed by atoms with van der Waals surface area (Å²) in [5, 5.41) is 6.21. The number of anilines is 1. The smallest absolute Gasteiger partial charge is 0.229 e. The zero-order valence-electron chi connectivity index (χ0n) is 12.2. The molecule has 2 aliphatic heterocycles. The molecule has 2 unspecified atom stereocenters. The monoisotopic (exact) mass is 287 g/mol. The molecule has 2 heterocycles. The molecule has 2 atom stereocenters. The molecule has 2 aliphatic rings. The molecule has 0 spiro atoms. The van der Waals surface area contributed by atoms with Gasteiger partial charge in [-0.25, -0.2) is 0 Å². The second-order valence-electron chi connectivity index (χ2n) is 5.96. The van der Waals surface area contributed by atoms with Crippen LogP contribution < -0.4 is 15.5 Å². The van der Waals surface area contributed by atoms with Crippen molar-refractivity contribution in [1.29, 1.82) is 0 Å². The number of para-hydroxylation sites is 1. The van der Waals surface area contributed by atoms with Gasteiger partial charge in [-0.05, 0) is 31.1 Å². The predicted molar refractivity (Wildman–Crippen MR) is 80.9 cm³/mol. The third kappa shape index (κ3) is 2.93. The Hall–Kier alpha value is -1.88. The molecule has 112 valence electrons. The maximum Gasteiger partial charge on any atom is 0.229 e. The molecular formula is C16H21N3O2. The first-order chi connectivity index (χ1) is 10.1. The van der Waals surface area contributed by atoms with Crippen LogP contribution in [0.4, 0.5) is 5.69 Å². The van der Waals surface area contributed by atoms with Crippen LogP contribution in [-0.2, 0) is 9.59 Å². The maximum atomic E-state index is 12.2. The summed E-state index contributed by atoms with van der Waals surface area (Å²) in [6, 6.07) is 9.52. The quantitative estimate of drug-likeness (QED) is 0.859. The molecule has 1 aromatic rings. The summed E-state index contributed by atoms with van der Waals surface area (Å²) in [6.45, 7) is 4.35. The lowest BCUT2D eigenvalue weighted by Crippen LogP contribution is -2.51. The van der Waals surface area contributed by atoms with Gasteiger partial charge < -0.3 is 15.5 Å². The van der Waals surface area contributed by atoms with Crippen molar-refractivity contribution in [1.82, 2.24) is 10.6 Å². The van der Waals surface area contributed by atoms with E-state index in [-0.39, 0.29) is 23.8 Å². The lowest BCUT2D eigenvalue weighted by atomic mass is 9.88. The van der Waals surface area contributed by atoms with Gasteiger partial charge in [-0.1, -0.05) is 25.1 Å². The molecule has 2 fully saturated rings. The third-order valence-electron chi connectivity index (χ3n) is 4.47. The molecule has 2 saturated heterocycles. The first-order valence-corrected chi connectivity index (χ1v) is 7.51. The molecule has 3 rings (SSSR count). The minimum absolute atomic E-state index is 0.00660. The van der Waals surface area contributed by atoms with Crippen molar-refractivity contribution in [2.24, 2.45) is 11.8 Å². The summed E-state index contributed by atoms with van der Waals surface area (Å²) in [4.78, 5) is 26.1. The van der Waals surface area contributed by atoms with Gasteiger partial charge in [0.05, 0.1) is 6.04 Å². The minimum Gasteiger partial charge on any atom is -0.351 e. The van der Waals surface area contributed by atoms with Crippen LogP contribution in [0.25, 0.3) is 0 Å². The normalized spacial score (nSPS) is 23.8. The van der Waals surface area contributed by atoms with Crippen LogP contribution >= 0.6 is 0 Å². The average Bonchev–Trinajstić information content (AvgIpc) is 2.78. The van der Waals surface area contributed by atoms with Gasteiger partial charge in [0.15, 0.2) is 0 Å². The van der Waals surface area contributed by atoms with Crippen molar-refractivity contribution in [3.05, 3.63) is 30.3 Å². The van der Waals surface area contributed by atoms with Crippen LogP contribution in [0.2, 0.25) is 0 Å². The van der Waals surface area contributed by atoms with Gasteiger partial charge in [-0.15, -0.1) is 0 Å². The summed E-state index contributed by atoms with van der Waals surface area (Å²) >= 11 is 0. The Kier molecular flexibility index (Phi) is 3.92. The highest BCUT2D eigenvalue weighted by molar-refractivity contribution is 5.96. The first-order valence-electron chi connectivity index (χ1n) is 7.51. The lowest BCUT2D eigenvalue weighted by molar-refractivity contribution is -0.127. The fraction of sp³-hybridized carbons (Fsp3) is 0.500. The molecule has 5 nitrogen and oxygen atoms in total. The number of hydrogen-bond acceptors (Lipinski definition) is 3. The number of carbonyl (C=O) groups is 2. The van der Waals surface area contributed by atoms with Gasteiger partial charge in [-0.2, -0.15) is 0 Å². The van der Waals surface area contributed by atoms with Crippen LogP contribution in [0.3, 0.4) is 0 Å². The van der Waals surface area contributed by atoms with E-state index >= 15 is 0 Å². The fourth-order valence-corrected chi connectivity index (χ4v) is 2.87. The molecule has 2 amide bonds. The summed E-state index contributed by atoms with van der Waals surface area (Å²) < 4.78 is 0. The van der Waals surface area contributed by atoms with Gasteiger partial charge in [0.1, 0.15) is 0 Å². The van der Waals surface area contributed by atoms with Crippen molar-refractivity contribution in [3.8, 4) is 0 Å². The zero-order chi connectivity index (χ0) is 14.8. The number of carbonyl (C=O) groups excluding carboxylic acids is 2. The van der Waals surface area contributed by atoms with Crippen LogP contribution in [0, 0.1) is 11.8 Å². The summed E-state index contributed by atoms with van der Waals surface area (Å²) in [5.74, 6) is 0.568.